The number of benzene rings is 2. The van der Waals surface area contributed by atoms with Gasteiger partial charge in [-0.25, -0.2) is 23.5 Å². The molecule has 1 aliphatic heterocycles. The van der Waals surface area contributed by atoms with Gasteiger partial charge in [0, 0.05) is 49.8 Å². The van der Waals surface area contributed by atoms with E-state index in [4.69, 9.17) is 9.47 Å². The average Bonchev–Trinajstić information content (AvgIpc) is 3.38. The van der Waals surface area contributed by atoms with Crippen LogP contribution in [-0.2, 0) is 14.3 Å². The number of aromatic amines is 1. The molecule has 3 N–H and O–H groups in total. The molecule has 2 atom stereocenters. The molecule has 3 heterocycles. The monoisotopic (exact) mass is 607 g/mol. The van der Waals surface area contributed by atoms with E-state index in [1.165, 1.54) is 35.4 Å². The topological polar surface area (TPSA) is 142 Å². The first kappa shape index (κ1) is 30.4. The second-order valence-electron chi connectivity index (χ2n) is 10.6. The molecular formula is C30H31F2N7O5. The third kappa shape index (κ3) is 6.15. The smallest absolute Gasteiger partial charge is 0.331 e. The van der Waals surface area contributed by atoms with Crippen molar-refractivity contribution in [2.45, 2.75) is 32.9 Å². The molecule has 0 saturated carbocycles. The van der Waals surface area contributed by atoms with Crippen molar-refractivity contribution < 1.29 is 32.6 Å². The van der Waals surface area contributed by atoms with Crippen LogP contribution in [0, 0.1) is 17.6 Å². The van der Waals surface area contributed by atoms with Crippen LogP contribution >= 0.6 is 0 Å². The van der Waals surface area contributed by atoms with E-state index in [0.29, 0.717) is 29.2 Å². The molecule has 0 radical (unpaired) electrons. The van der Waals surface area contributed by atoms with Gasteiger partial charge in [0.1, 0.15) is 22.9 Å². The second-order valence-corrected chi connectivity index (χ2v) is 10.6. The van der Waals surface area contributed by atoms with Gasteiger partial charge in [0.25, 0.3) is 0 Å². The zero-order valence-corrected chi connectivity index (χ0v) is 24.4. The highest BCUT2D eigenvalue weighted by Crippen LogP contribution is 2.35. The molecule has 1 saturated heterocycles. The second kappa shape index (κ2) is 12.6. The zero-order valence-electron chi connectivity index (χ0n) is 24.4. The molecule has 1 aliphatic rings. The lowest BCUT2D eigenvalue weighted by atomic mass is 10.0. The van der Waals surface area contributed by atoms with Gasteiger partial charge in [-0.1, -0.05) is 0 Å². The summed E-state index contributed by atoms with van der Waals surface area (Å²) in [7, 11) is 1.59. The number of pyridine rings is 1. The zero-order chi connectivity index (χ0) is 31.5. The number of ether oxygens (including phenoxy) is 2. The summed E-state index contributed by atoms with van der Waals surface area (Å²) in [5.41, 5.74) is 0.638. The first-order chi connectivity index (χ1) is 21.1. The van der Waals surface area contributed by atoms with Gasteiger partial charge in [0.15, 0.2) is 23.0 Å². The minimum absolute atomic E-state index is 0.0768. The summed E-state index contributed by atoms with van der Waals surface area (Å²) in [6.45, 7) is 5.66. The van der Waals surface area contributed by atoms with E-state index in [0.717, 1.165) is 23.1 Å². The van der Waals surface area contributed by atoms with Crippen LogP contribution in [0.2, 0.25) is 0 Å². The number of nitrogens with one attached hydrogen (secondary N) is 3. The number of H-pyrrole nitrogens is 1. The number of carbonyl (C=O) groups excluding carboxylic acids is 3. The number of aromatic nitrogens is 3. The molecule has 4 amide bonds. The highest BCUT2D eigenvalue weighted by molar-refractivity contribution is 6.23. The maximum Gasteiger partial charge on any atom is 0.331 e. The van der Waals surface area contributed by atoms with Crippen LogP contribution in [0.1, 0.15) is 20.8 Å². The molecule has 1 unspecified atom stereocenters. The van der Waals surface area contributed by atoms with Crippen molar-refractivity contribution in [3.8, 4) is 11.5 Å². The highest BCUT2D eigenvalue weighted by atomic mass is 19.1. The third-order valence-corrected chi connectivity index (χ3v) is 7.00. The number of carbonyl (C=O) groups is 3. The van der Waals surface area contributed by atoms with Crippen LogP contribution in [0.15, 0.2) is 54.7 Å². The predicted molar refractivity (Wildman–Crippen MR) is 159 cm³/mol. The highest BCUT2D eigenvalue weighted by Gasteiger charge is 2.44. The number of hydrogen-bond donors (Lipinski definition) is 3. The summed E-state index contributed by atoms with van der Waals surface area (Å²) < 4.78 is 39.8. The Balaban J connectivity index is 1.35. The fraction of sp³-hybridized carbons (Fsp3) is 0.300. The van der Waals surface area contributed by atoms with Gasteiger partial charge >= 0.3 is 6.03 Å². The molecule has 0 bridgehead atoms. The van der Waals surface area contributed by atoms with E-state index >= 15 is 4.39 Å². The van der Waals surface area contributed by atoms with Crippen molar-refractivity contribution in [2.24, 2.45) is 5.92 Å². The Bertz CT molecular complexity index is 1700. The van der Waals surface area contributed by atoms with Gasteiger partial charge in [-0.3, -0.25) is 14.7 Å². The number of anilines is 3. The van der Waals surface area contributed by atoms with Gasteiger partial charge < -0.3 is 25.0 Å². The van der Waals surface area contributed by atoms with Crippen LogP contribution in [-0.4, -0.2) is 70.3 Å². The Labute approximate surface area is 251 Å². The summed E-state index contributed by atoms with van der Waals surface area (Å²) >= 11 is 0. The summed E-state index contributed by atoms with van der Waals surface area (Å²) in [5, 5.41) is 13.3. The largest absolute Gasteiger partial charge is 0.453 e. The standard InChI is InChI=1S/C30H31F2N7O5/c1-16(2)38-14-21(29(41)39(30(38)42)20-8-5-18(31)6-9-20)28(40)35-19-7-10-23(22(32)13-19)44-24-11-12-33-26-25(24)27(37-36-26)34-17(3)15-43-4/h5-13,16-17,21H,14-15H2,1-4H3,(H,35,40)(H2,33,34,36,37)/t17-,21?/m0/s1. The van der Waals surface area contributed by atoms with Gasteiger partial charge in [0.05, 0.1) is 12.3 Å². The van der Waals surface area contributed by atoms with Crippen LogP contribution in [0.5, 0.6) is 11.5 Å². The number of urea groups is 1. The maximum absolute atomic E-state index is 15.3. The van der Waals surface area contributed by atoms with Crippen molar-refractivity contribution in [1.82, 2.24) is 20.1 Å². The quantitative estimate of drug-likeness (QED) is 0.216. The van der Waals surface area contributed by atoms with E-state index in [9.17, 15) is 18.8 Å². The van der Waals surface area contributed by atoms with Gasteiger partial charge in [-0.15, -0.1) is 0 Å². The number of hydrogen-bond acceptors (Lipinski definition) is 8. The van der Waals surface area contributed by atoms with Crippen LogP contribution in [0.4, 0.5) is 30.8 Å². The Hall–Kier alpha value is -5.11. The lowest BCUT2D eigenvalue weighted by molar-refractivity contribution is -0.132. The van der Waals surface area contributed by atoms with Crippen molar-refractivity contribution >= 4 is 46.1 Å². The van der Waals surface area contributed by atoms with E-state index in [-0.39, 0.29) is 35.8 Å². The molecule has 5 rings (SSSR count). The van der Waals surface area contributed by atoms with Crippen LogP contribution in [0.3, 0.4) is 0 Å². The van der Waals surface area contributed by atoms with Gasteiger partial charge in [-0.2, -0.15) is 5.10 Å². The average molecular weight is 608 g/mol. The lowest BCUT2D eigenvalue weighted by Gasteiger charge is -2.39. The summed E-state index contributed by atoms with van der Waals surface area (Å²) in [4.78, 5) is 46.3. The van der Waals surface area contributed by atoms with Crippen molar-refractivity contribution in [3.05, 3.63) is 66.4 Å². The van der Waals surface area contributed by atoms with Crippen molar-refractivity contribution in [1.29, 1.82) is 0 Å². The third-order valence-electron chi connectivity index (χ3n) is 7.00. The van der Waals surface area contributed by atoms with Crippen molar-refractivity contribution in [2.75, 3.05) is 35.8 Å². The van der Waals surface area contributed by atoms with Gasteiger partial charge in [0.2, 0.25) is 11.8 Å². The summed E-state index contributed by atoms with van der Waals surface area (Å²) in [6.07, 6.45) is 1.49. The van der Waals surface area contributed by atoms with Crippen LogP contribution in [0.25, 0.3) is 11.0 Å². The minimum Gasteiger partial charge on any atom is -0.453 e. The Kier molecular flexibility index (Phi) is 8.71. The normalized spacial score (nSPS) is 16.0. The number of amides is 4. The molecule has 2 aromatic heterocycles. The molecule has 0 spiro atoms. The molecule has 2 aromatic carbocycles. The molecule has 230 valence electrons. The minimum atomic E-state index is -1.29. The maximum atomic E-state index is 15.3. The lowest BCUT2D eigenvalue weighted by Crippen LogP contribution is -2.61. The number of methoxy groups -OCH3 is 1. The fourth-order valence-electron chi connectivity index (χ4n) is 4.83. The van der Waals surface area contributed by atoms with E-state index in [1.807, 2.05) is 6.92 Å². The van der Waals surface area contributed by atoms with E-state index in [2.05, 4.69) is 25.8 Å². The number of halogens is 2. The number of imide groups is 1. The number of rotatable bonds is 10. The SMILES string of the molecule is COC[C@H](C)Nc1n[nH]c2nccc(Oc3ccc(NC(=O)C4CN(C(C)C)C(=O)N(c5ccc(F)cc5)C4=O)cc3F)c12. The predicted octanol–water partition coefficient (Wildman–Crippen LogP) is 4.91. The molecule has 44 heavy (non-hydrogen) atoms. The molecular weight excluding hydrogens is 576 g/mol. The number of fused-ring (bicyclic) bond motifs is 1. The molecule has 4 aromatic rings. The molecule has 1 fully saturated rings. The molecule has 14 heteroatoms. The summed E-state index contributed by atoms with van der Waals surface area (Å²) in [5.74, 6) is -3.50. The van der Waals surface area contributed by atoms with Crippen LogP contribution < -0.4 is 20.3 Å². The van der Waals surface area contributed by atoms with E-state index < -0.39 is 35.4 Å². The Morgan fingerprint density at radius 1 is 1.09 bits per heavy atom. The van der Waals surface area contributed by atoms with Gasteiger partial charge in [-0.05, 0) is 57.2 Å². The Morgan fingerprint density at radius 3 is 2.52 bits per heavy atom. The molecule has 0 aliphatic carbocycles. The molecule has 12 nitrogen and oxygen atoms in total. The van der Waals surface area contributed by atoms with E-state index in [1.54, 1.807) is 27.0 Å². The Morgan fingerprint density at radius 2 is 1.84 bits per heavy atom. The summed E-state index contributed by atoms with van der Waals surface area (Å²) in [6, 6.07) is 9.19. The first-order valence-corrected chi connectivity index (χ1v) is 13.8. The first-order valence-electron chi connectivity index (χ1n) is 13.8. The number of nitrogens with zero attached hydrogens (tertiary/aromatic N) is 4. The van der Waals surface area contributed by atoms with Crippen molar-refractivity contribution in [3.63, 3.8) is 0 Å². The fourth-order valence-corrected chi connectivity index (χ4v) is 4.83.